The number of hydrogen-bond acceptors (Lipinski definition) is 6. The zero-order valence-electron chi connectivity index (χ0n) is 20.0. The van der Waals surface area contributed by atoms with Crippen LogP contribution in [0.5, 0.6) is 5.75 Å². The van der Waals surface area contributed by atoms with Crippen molar-refractivity contribution in [3.05, 3.63) is 59.2 Å². The van der Waals surface area contributed by atoms with Crippen molar-refractivity contribution < 1.29 is 23.1 Å². The van der Waals surface area contributed by atoms with Crippen molar-refractivity contribution in [2.24, 2.45) is 13.0 Å². The van der Waals surface area contributed by atoms with E-state index in [9.17, 15) is 23.1 Å². The van der Waals surface area contributed by atoms with Gasteiger partial charge < -0.3 is 14.6 Å². The molecular weight excluding hydrogens is 489 g/mol. The number of carbonyl (C=O) groups excluding carboxylic acids is 1. The predicted octanol–water partition coefficient (Wildman–Crippen LogP) is 5.16. The summed E-state index contributed by atoms with van der Waals surface area (Å²) >= 11 is 1.58. The molecule has 1 N–H and O–H groups in total. The second-order valence-electron chi connectivity index (χ2n) is 9.72. The molecule has 5 rings (SSSR count). The number of aromatic hydroxyl groups is 1. The van der Waals surface area contributed by atoms with E-state index < -0.39 is 11.7 Å². The summed E-state index contributed by atoms with van der Waals surface area (Å²) in [5.41, 5.74) is 1.53. The number of fused-ring (bicyclic) bond motifs is 1. The number of rotatable bonds is 8. The third kappa shape index (κ3) is 4.64. The molecule has 3 aromatic rings. The number of benzene rings is 2. The number of phenols is 1. The maximum atomic E-state index is 12.8. The fourth-order valence-corrected chi connectivity index (χ4v) is 6.12. The van der Waals surface area contributed by atoms with Crippen LogP contribution < -0.4 is 0 Å². The summed E-state index contributed by atoms with van der Waals surface area (Å²) in [5, 5.41) is 19.1. The number of halogens is 3. The van der Waals surface area contributed by atoms with Gasteiger partial charge in [-0.3, -0.25) is 4.79 Å². The fraction of sp³-hybridized carbons (Fsp3) is 0.423. The lowest BCUT2D eigenvalue weighted by Crippen LogP contribution is -2.28. The van der Waals surface area contributed by atoms with E-state index in [1.165, 1.54) is 19.1 Å². The highest BCUT2D eigenvalue weighted by molar-refractivity contribution is 7.99. The van der Waals surface area contributed by atoms with Crippen LogP contribution in [0.1, 0.15) is 41.3 Å². The molecule has 0 radical (unpaired) electrons. The quantitative estimate of drug-likeness (QED) is 0.253. The summed E-state index contributed by atoms with van der Waals surface area (Å²) < 4.78 is 40.3. The van der Waals surface area contributed by atoms with E-state index in [0.29, 0.717) is 22.9 Å². The third-order valence-electron chi connectivity index (χ3n) is 7.32. The summed E-state index contributed by atoms with van der Waals surface area (Å²) in [5.74, 6) is 1.88. The van der Waals surface area contributed by atoms with Crippen molar-refractivity contribution in [2.45, 2.75) is 36.5 Å². The van der Waals surface area contributed by atoms with Gasteiger partial charge in [-0.2, -0.15) is 13.2 Å². The fourth-order valence-electron chi connectivity index (χ4n) is 5.28. The van der Waals surface area contributed by atoms with Crippen molar-refractivity contribution >= 4 is 17.5 Å². The Morgan fingerprint density at radius 2 is 1.94 bits per heavy atom. The number of phenolic OH excluding ortho intramolecular Hbond substituents is 1. The van der Waals surface area contributed by atoms with Crippen molar-refractivity contribution in [3.8, 4) is 17.1 Å². The zero-order valence-corrected chi connectivity index (χ0v) is 20.9. The molecule has 2 aliphatic rings. The molecule has 0 bridgehead atoms. The maximum absolute atomic E-state index is 12.8. The molecule has 0 spiro atoms. The SMILES string of the molecule is CC(=O)c1cc([C@]23C[C@@H]2CN(CCCSc2nnc(-c4ccc(C(F)(F)F)cc4)n2C)C3)ccc1O. The molecule has 6 nitrogen and oxygen atoms in total. The number of ketones is 1. The normalized spacial score (nSPS) is 21.5. The van der Waals surface area contributed by atoms with Gasteiger partial charge in [0.05, 0.1) is 11.1 Å². The van der Waals surface area contributed by atoms with Gasteiger partial charge >= 0.3 is 6.18 Å². The van der Waals surface area contributed by atoms with Gasteiger partial charge in [-0.1, -0.05) is 30.0 Å². The molecule has 2 heterocycles. The first-order valence-corrected chi connectivity index (χ1v) is 12.8. The summed E-state index contributed by atoms with van der Waals surface area (Å²) in [7, 11) is 1.82. The summed E-state index contributed by atoms with van der Waals surface area (Å²) in [6, 6.07) is 10.4. The Morgan fingerprint density at radius 1 is 1.19 bits per heavy atom. The highest BCUT2D eigenvalue weighted by Gasteiger charge is 2.60. The van der Waals surface area contributed by atoms with Crippen LogP contribution in [0, 0.1) is 5.92 Å². The topological polar surface area (TPSA) is 71.2 Å². The molecule has 1 saturated heterocycles. The van der Waals surface area contributed by atoms with E-state index in [4.69, 9.17) is 0 Å². The predicted molar refractivity (Wildman–Crippen MR) is 131 cm³/mol. The molecule has 2 aromatic carbocycles. The second-order valence-corrected chi connectivity index (χ2v) is 10.8. The first-order valence-electron chi connectivity index (χ1n) is 11.8. The maximum Gasteiger partial charge on any atom is 0.416 e. The number of hydrogen-bond donors (Lipinski definition) is 1. The third-order valence-corrected chi connectivity index (χ3v) is 8.43. The Kier molecular flexibility index (Phi) is 6.36. The Hall–Kier alpha value is -2.85. The van der Waals surface area contributed by atoms with Gasteiger partial charge in [0.25, 0.3) is 0 Å². The van der Waals surface area contributed by atoms with E-state index in [-0.39, 0.29) is 16.9 Å². The van der Waals surface area contributed by atoms with Gasteiger partial charge in [0, 0.05) is 36.9 Å². The smallest absolute Gasteiger partial charge is 0.416 e. The number of thioether (sulfide) groups is 1. The summed E-state index contributed by atoms with van der Waals surface area (Å²) in [6.07, 6.45) is -2.28. The minimum absolute atomic E-state index is 0.0389. The molecule has 0 unspecified atom stereocenters. The lowest BCUT2D eigenvalue weighted by Gasteiger charge is -2.21. The minimum Gasteiger partial charge on any atom is -0.507 e. The molecule has 1 aromatic heterocycles. The highest BCUT2D eigenvalue weighted by Crippen LogP contribution is 2.59. The number of Topliss-reactive ketones (excluding diaryl/α,β-unsaturated/α-hetero) is 1. The van der Waals surface area contributed by atoms with Gasteiger partial charge in [-0.25, -0.2) is 0 Å². The van der Waals surface area contributed by atoms with E-state index in [1.807, 2.05) is 23.7 Å². The van der Waals surface area contributed by atoms with Gasteiger partial charge in [0.1, 0.15) is 5.75 Å². The van der Waals surface area contributed by atoms with Crippen molar-refractivity contribution in [2.75, 3.05) is 25.4 Å². The van der Waals surface area contributed by atoms with Gasteiger partial charge in [0.15, 0.2) is 16.8 Å². The van der Waals surface area contributed by atoms with Crippen LogP contribution in [0.3, 0.4) is 0 Å². The van der Waals surface area contributed by atoms with Gasteiger partial charge in [-0.15, -0.1) is 10.2 Å². The van der Waals surface area contributed by atoms with E-state index in [2.05, 4.69) is 15.1 Å². The van der Waals surface area contributed by atoms with Crippen LogP contribution in [-0.4, -0.2) is 55.9 Å². The Morgan fingerprint density at radius 3 is 2.64 bits per heavy atom. The monoisotopic (exact) mass is 516 g/mol. The van der Waals surface area contributed by atoms with E-state index in [0.717, 1.165) is 61.1 Å². The van der Waals surface area contributed by atoms with Crippen LogP contribution in [0.25, 0.3) is 11.4 Å². The molecule has 2 fully saturated rings. The Labute approximate surface area is 211 Å². The summed E-state index contributed by atoms with van der Waals surface area (Å²) in [6.45, 7) is 4.41. The van der Waals surface area contributed by atoms with Crippen LogP contribution in [0.2, 0.25) is 0 Å². The largest absolute Gasteiger partial charge is 0.507 e. The average Bonchev–Trinajstić information content (AvgIpc) is 3.21. The van der Waals surface area contributed by atoms with Crippen LogP contribution in [-0.2, 0) is 18.6 Å². The van der Waals surface area contributed by atoms with Crippen molar-refractivity contribution in [3.63, 3.8) is 0 Å². The van der Waals surface area contributed by atoms with Crippen LogP contribution in [0.15, 0.2) is 47.6 Å². The lowest BCUT2D eigenvalue weighted by molar-refractivity contribution is -0.137. The number of piperidine rings is 1. The molecular formula is C26H27F3N4O2S. The Bertz CT molecular complexity index is 1290. The number of nitrogens with zero attached hydrogens (tertiary/aromatic N) is 4. The molecule has 1 aliphatic carbocycles. The second kappa shape index (κ2) is 9.23. The standard InChI is InChI=1S/C26H27F3N4O2S/c1-16(34)21-12-19(8-9-22(21)35)25-13-20(25)14-33(15-25)10-3-11-36-24-31-30-23(32(24)2)17-4-6-18(7-5-17)26(27,28)29/h4-9,12,20,35H,3,10-11,13-15H2,1-2H3/t20-,25-/m1/s1. The number of carbonyl (C=O) groups is 1. The molecule has 2 atom stereocenters. The van der Waals surface area contributed by atoms with Crippen molar-refractivity contribution in [1.29, 1.82) is 0 Å². The molecule has 1 aliphatic heterocycles. The van der Waals surface area contributed by atoms with Crippen LogP contribution >= 0.6 is 11.8 Å². The first kappa shape index (κ1) is 24.8. The lowest BCUT2D eigenvalue weighted by atomic mass is 9.92. The molecule has 36 heavy (non-hydrogen) atoms. The molecule has 1 saturated carbocycles. The molecule has 10 heteroatoms. The Balaban J connectivity index is 1.14. The first-order chi connectivity index (χ1) is 17.1. The molecule has 0 amide bonds. The number of likely N-dealkylation sites (tertiary alicyclic amines) is 1. The minimum atomic E-state index is -4.36. The van der Waals surface area contributed by atoms with Gasteiger partial charge in [-0.05, 0) is 62.1 Å². The molecule has 190 valence electrons. The van der Waals surface area contributed by atoms with Crippen LogP contribution in [0.4, 0.5) is 13.2 Å². The average molecular weight is 517 g/mol. The van der Waals surface area contributed by atoms with Gasteiger partial charge in [0.2, 0.25) is 0 Å². The zero-order chi connectivity index (χ0) is 25.7. The van der Waals surface area contributed by atoms with Crippen molar-refractivity contribution in [1.82, 2.24) is 19.7 Å². The summed E-state index contributed by atoms with van der Waals surface area (Å²) in [4.78, 5) is 14.3. The van der Waals surface area contributed by atoms with E-state index >= 15 is 0 Å². The number of alkyl halides is 3. The van der Waals surface area contributed by atoms with E-state index in [1.54, 1.807) is 17.8 Å². The number of aromatic nitrogens is 3. The highest BCUT2D eigenvalue weighted by atomic mass is 32.2.